The Morgan fingerprint density at radius 2 is 1.41 bits per heavy atom. The minimum absolute atomic E-state index is 0.960. The first kappa shape index (κ1) is 14.8. The third kappa shape index (κ3) is 6.10. The number of rotatable bonds is 7. The largest absolute Gasteiger partial charge is 0.481 e. The van der Waals surface area contributed by atoms with Crippen LogP contribution in [0.5, 0.6) is 0 Å². The van der Waals surface area contributed by atoms with Gasteiger partial charge in [0, 0.05) is 0 Å². The summed E-state index contributed by atoms with van der Waals surface area (Å²) in [5, 5.41) is 34.0. The van der Waals surface area contributed by atoms with E-state index in [0.717, 1.165) is 0 Å². The van der Waals surface area contributed by atoms with Gasteiger partial charge in [-0.1, -0.05) is 0 Å². The lowest BCUT2D eigenvalue weighted by atomic mass is 10.2. The van der Waals surface area contributed by atoms with Crippen LogP contribution in [0.2, 0.25) is 0 Å². The fourth-order valence-electron chi connectivity index (χ4n) is 0.805. The zero-order valence-electron chi connectivity index (χ0n) is 8.40. The number of carboxylic acid groups (broad SMARTS) is 3. The smallest absolute Gasteiger partial charge is 0.345 e. The molecule has 17 heavy (non-hydrogen) atoms. The van der Waals surface area contributed by atoms with Crippen LogP contribution in [0.15, 0.2) is 0 Å². The molecular weight excluding hydrogens is 240 g/mol. The van der Waals surface area contributed by atoms with E-state index in [4.69, 9.17) is 20.4 Å². The van der Waals surface area contributed by atoms with Crippen molar-refractivity contribution in [3.8, 4) is 0 Å². The summed E-state index contributed by atoms with van der Waals surface area (Å²) < 4.78 is 4.15. The maximum Gasteiger partial charge on any atom is 0.345 e. The number of ether oxygens (including phenoxy) is 1. The van der Waals surface area contributed by atoms with Gasteiger partial charge in [-0.2, -0.15) is 0 Å². The Bertz CT molecular complexity index is 334. The lowest BCUT2D eigenvalue weighted by Gasteiger charge is -2.13. The highest BCUT2D eigenvalue weighted by atomic mass is 16.6. The van der Waals surface area contributed by atoms with Crippen molar-refractivity contribution in [3.05, 3.63) is 0 Å². The number of aliphatic carboxylic acids is 3. The third-order valence-electron chi connectivity index (χ3n) is 1.53. The van der Waals surface area contributed by atoms with Crippen molar-refractivity contribution in [2.75, 3.05) is 0 Å². The maximum absolute atomic E-state index is 11.0. The topological polar surface area (TPSA) is 158 Å². The summed E-state index contributed by atoms with van der Waals surface area (Å²) in [4.78, 5) is 41.8. The molecule has 0 saturated carbocycles. The molecule has 0 aromatic carbocycles. The van der Waals surface area contributed by atoms with E-state index >= 15 is 0 Å². The Labute approximate surface area is 94.2 Å². The summed E-state index contributed by atoms with van der Waals surface area (Å²) in [6.45, 7) is 0. The third-order valence-corrected chi connectivity index (χ3v) is 1.53. The van der Waals surface area contributed by atoms with Gasteiger partial charge in [-0.05, 0) is 0 Å². The predicted molar refractivity (Wildman–Crippen MR) is 48.0 cm³/mol. The number of carbonyl (C=O) groups is 4. The second-order valence-electron chi connectivity index (χ2n) is 2.98. The average molecular weight is 250 g/mol. The van der Waals surface area contributed by atoms with E-state index in [-0.39, 0.29) is 0 Å². The normalized spacial score (nSPS) is 13.5. The second kappa shape index (κ2) is 6.43. The zero-order chi connectivity index (χ0) is 13.6. The Morgan fingerprint density at radius 1 is 0.941 bits per heavy atom. The van der Waals surface area contributed by atoms with Crippen molar-refractivity contribution in [2.24, 2.45) is 0 Å². The highest BCUT2D eigenvalue weighted by Crippen LogP contribution is 2.04. The van der Waals surface area contributed by atoms with Gasteiger partial charge in [0.05, 0.1) is 12.8 Å². The van der Waals surface area contributed by atoms with Crippen molar-refractivity contribution >= 4 is 23.9 Å². The van der Waals surface area contributed by atoms with Crippen molar-refractivity contribution in [1.29, 1.82) is 0 Å². The Balaban J connectivity index is 4.44. The van der Waals surface area contributed by atoms with Crippen LogP contribution < -0.4 is 0 Å². The highest BCUT2D eigenvalue weighted by Gasteiger charge is 2.29. The first-order valence-electron chi connectivity index (χ1n) is 4.29. The van der Waals surface area contributed by atoms with Gasteiger partial charge >= 0.3 is 23.9 Å². The molecule has 0 aromatic heterocycles. The van der Waals surface area contributed by atoms with Crippen LogP contribution >= 0.6 is 0 Å². The van der Waals surface area contributed by atoms with Gasteiger partial charge < -0.3 is 25.2 Å². The zero-order valence-corrected chi connectivity index (χ0v) is 8.40. The minimum Gasteiger partial charge on any atom is -0.481 e. The molecule has 0 rings (SSSR count). The summed E-state index contributed by atoms with van der Waals surface area (Å²) in [7, 11) is 0. The second-order valence-corrected chi connectivity index (χ2v) is 2.98. The molecule has 9 nitrogen and oxygen atoms in total. The van der Waals surface area contributed by atoms with Gasteiger partial charge in [-0.25, -0.2) is 9.59 Å². The van der Waals surface area contributed by atoms with Crippen molar-refractivity contribution in [3.63, 3.8) is 0 Å². The average Bonchev–Trinajstić information content (AvgIpc) is 2.14. The van der Waals surface area contributed by atoms with Crippen LogP contribution in [-0.2, 0) is 23.9 Å². The van der Waals surface area contributed by atoms with E-state index in [2.05, 4.69) is 4.74 Å². The van der Waals surface area contributed by atoms with E-state index < -0.39 is 48.9 Å². The first-order chi connectivity index (χ1) is 7.73. The molecule has 4 N–H and O–H groups in total. The number of hydrogen-bond acceptors (Lipinski definition) is 6. The number of aliphatic hydroxyl groups is 1. The van der Waals surface area contributed by atoms with Crippen LogP contribution in [0.3, 0.4) is 0 Å². The lowest BCUT2D eigenvalue weighted by molar-refractivity contribution is -0.174. The van der Waals surface area contributed by atoms with Crippen molar-refractivity contribution in [2.45, 2.75) is 25.0 Å². The van der Waals surface area contributed by atoms with Crippen molar-refractivity contribution < 1.29 is 44.3 Å². The summed E-state index contributed by atoms with van der Waals surface area (Å²) in [5.41, 5.74) is 0. The van der Waals surface area contributed by atoms with Gasteiger partial charge in [0.15, 0.2) is 6.10 Å². The van der Waals surface area contributed by atoms with Crippen LogP contribution in [0.25, 0.3) is 0 Å². The molecule has 0 aliphatic heterocycles. The summed E-state index contributed by atoms with van der Waals surface area (Å²) in [6.07, 6.45) is -5.95. The molecule has 1 unspecified atom stereocenters. The molecule has 96 valence electrons. The molecule has 0 aliphatic carbocycles. The summed E-state index contributed by atoms with van der Waals surface area (Å²) in [5.74, 6) is -6.21. The molecule has 0 bridgehead atoms. The van der Waals surface area contributed by atoms with Gasteiger partial charge in [0.2, 0.25) is 6.10 Å². The van der Waals surface area contributed by atoms with E-state index in [9.17, 15) is 19.2 Å². The van der Waals surface area contributed by atoms with Crippen LogP contribution in [-0.4, -0.2) is 56.5 Å². The number of aliphatic hydroxyl groups excluding tert-OH is 1. The van der Waals surface area contributed by atoms with E-state index in [1.54, 1.807) is 0 Å². The van der Waals surface area contributed by atoms with Crippen molar-refractivity contribution in [1.82, 2.24) is 0 Å². The molecule has 0 fully saturated rings. The van der Waals surface area contributed by atoms with Gasteiger partial charge in [-0.15, -0.1) is 0 Å². The molecule has 0 amide bonds. The lowest BCUT2D eigenvalue weighted by Crippen LogP contribution is -2.35. The predicted octanol–water partition coefficient (Wildman–Crippen LogP) is -1.71. The van der Waals surface area contributed by atoms with Gasteiger partial charge in [-0.3, -0.25) is 9.59 Å². The molecule has 9 heteroatoms. The van der Waals surface area contributed by atoms with Gasteiger partial charge in [0.1, 0.15) is 0 Å². The standard InChI is InChI=1S/C8H10O9/c9-3(1-5(10)11)8(16)17-4(7(14)15)2-6(12)13/h3-4,9H,1-2H2,(H,10,11)(H,12,13)(H,14,15)/t3?,4-/m1/s1. The summed E-state index contributed by atoms with van der Waals surface area (Å²) >= 11 is 0. The molecule has 0 heterocycles. The van der Waals surface area contributed by atoms with Gasteiger partial charge in [0.25, 0.3) is 0 Å². The number of esters is 1. The molecule has 0 saturated heterocycles. The SMILES string of the molecule is O=C(O)CC(O)C(=O)O[C@H](CC(=O)O)C(=O)O. The monoisotopic (exact) mass is 250 g/mol. The molecular formula is C8H10O9. The number of carbonyl (C=O) groups excluding carboxylic acids is 1. The molecule has 0 aliphatic rings. The Morgan fingerprint density at radius 3 is 1.76 bits per heavy atom. The first-order valence-corrected chi connectivity index (χ1v) is 4.29. The summed E-state index contributed by atoms with van der Waals surface area (Å²) in [6, 6.07) is 0. The van der Waals surface area contributed by atoms with Crippen LogP contribution in [0.4, 0.5) is 0 Å². The molecule has 2 atom stereocenters. The molecule has 0 radical (unpaired) electrons. The fraction of sp³-hybridized carbons (Fsp3) is 0.500. The van der Waals surface area contributed by atoms with Crippen LogP contribution in [0.1, 0.15) is 12.8 Å². The quantitative estimate of drug-likeness (QED) is 0.386. The number of hydrogen-bond donors (Lipinski definition) is 4. The van der Waals surface area contributed by atoms with Crippen LogP contribution in [0, 0.1) is 0 Å². The van der Waals surface area contributed by atoms with E-state index in [0.29, 0.717) is 0 Å². The maximum atomic E-state index is 11.0. The minimum atomic E-state index is -2.04. The van der Waals surface area contributed by atoms with E-state index in [1.807, 2.05) is 0 Å². The fourth-order valence-corrected chi connectivity index (χ4v) is 0.805. The Hall–Kier alpha value is -2.16. The molecule has 0 spiro atoms. The molecule has 0 aromatic rings. The Kier molecular flexibility index (Phi) is 5.61. The number of carboxylic acids is 3. The van der Waals surface area contributed by atoms with E-state index in [1.165, 1.54) is 0 Å². The highest BCUT2D eigenvalue weighted by molar-refractivity contribution is 5.85.